The molecule has 1 atom stereocenters. The third-order valence-corrected chi connectivity index (χ3v) is 2.33. The third-order valence-electron chi connectivity index (χ3n) is 2.33. The highest BCUT2D eigenvalue weighted by atomic mass is 15.1. The van der Waals surface area contributed by atoms with Crippen molar-refractivity contribution in [3.8, 4) is 0 Å². The van der Waals surface area contributed by atoms with Crippen LogP contribution in [0.5, 0.6) is 0 Å². The fraction of sp³-hybridized carbons (Fsp3) is 0.615. The molecule has 15 heavy (non-hydrogen) atoms. The molecule has 0 aliphatic rings. The fourth-order valence-corrected chi connectivity index (χ4v) is 1.58. The lowest BCUT2D eigenvalue weighted by molar-refractivity contribution is 0.291. The molecule has 0 amide bonds. The minimum Gasteiger partial charge on any atom is -0.302 e. The van der Waals surface area contributed by atoms with Crippen LogP contribution < -0.4 is 0 Å². The lowest BCUT2D eigenvalue weighted by Gasteiger charge is -2.22. The minimum absolute atomic E-state index is 0.494. The molecule has 0 N–H and O–H groups in total. The maximum atomic E-state index is 4.30. The standard InChI is InChI=1S/C11H18N2.C2H6/c1-5-11(13(3)4)10-7-6-9(2)12-8-10;1-2/h6-8,11H,5H2,1-4H3;1-2H3. The van der Waals surface area contributed by atoms with Gasteiger partial charge in [-0.2, -0.15) is 0 Å². The van der Waals surface area contributed by atoms with Crippen molar-refractivity contribution in [2.75, 3.05) is 14.1 Å². The quantitative estimate of drug-likeness (QED) is 0.756. The monoisotopic (exact) mass is 208 g/mol. The van der Waals surface area contributed by atoms with Gasteiger partial charge >= 0.3 is 0 Å². The van der Waals surface area contributed by atoms with Gasteiger partial charge in [0.05, 0.1) is 0 Å². The molecule has 0 fully saturated rings. The molecule has 1 unspecified atom stereocenters. The molecule has 0 bridgehead atoms. The fourth-order valence-electron chi connectivity index (χ4n) is 1.58. The number of hydrogen-bond acceptors (Lipinski definition) is 2. The van der Waals surface area contributed by atoms with Crippen LogP contribution in [0.25, 0.3) is 0 Å². The van der Waals surface area contributed by atoms with Gasteiger partial charge in [0, 0.05) is 17.9 Å². The van der Waals surface area contributed by atoms with Crippen LogP contribution in [0, 0.1) is 6.92 Å². The molecule has 0 aliphatic carbocycles. The Morgan fingerprint density at radius 1 is 1.27 bits per heavy atom. The minimum atomic E-state index is 0.494. The number of nitrogens with zero attached hydrogens (tertiary/aromatic N) is 2. The van der Waals surface area contributed by atoms with Gasteiger partial charge in [-0.05, 0) is 39.1 Å². The zero-order chi connectivity index (χ0) is 11.8. The molecule has 1 heterocycles. The van der Waals surface area contributed by atoms with Gasteiger partial charge in [-0.15, -0.1) is 0 Å². The first kappa shape index (κ1) is 14.1. The maximum absolute atomic E-state index is 4.30. The van der Waals surface area contributed by atoms with Gasteiger partial charge in [0.25, 0.3) is 0 Å². The predicted molar refractivity (Wildman–Crippen MR) is 67.0 cm³/mol. The first-order valence-electron chi connectivity index (χ1n) is 5.74. The lowest BCUT2D eigenvalue weighted by Crippen LogP contribution is -2.19. The van der Waals surface area contributed by atoms with Crippen molar-refractivity contribution >= 4 is 0 Å². The van der Waals surface area contributed by atoms with Crippen LogP contribution in [0.3, 0.4) is 0 Å². The molecule has 1 aromatic rings. The molecule has 0 saturated carbocycles. The number of aryl methyl sites for hydroxylation is 1. The zero-order valence-corrected chi connectivity index (χ0v) is 10.9. The van der Waals surface area contributed by atoms with Gasteiger partial charge in [0.2, 0.25) is 0 Å². The second-order valence-electron chi connectivity index (χ2n) is 3.62. The van der Waals surface area contributed by atoms with E-state index in [1.807, 2.05) is 27.0 Å². The van der Waals surface area contributed by atoms with Crippen molar-refractivity contribution in [1.29, 1.82) is 0 Å². The molecule has 0 radical (unpaired) electrons. The van der Waals surface area contributed by atoms with Crippen LogP contribution in [0.4, 0.5) is 0 Å². The van der Waals surface area contributed by atoms with Crippen LogP contribution >= 0.6 is 0 Å². The number of hydrogen-bond donors (Lipinski definition) is 0. The summed E-state index contributed by atoms with van der Waals surface area (Å²) in [4.78, 5) is 6.53. The molecule has 0 spiro atoms. The maximum Gasteiger partial charge on any atom is 0.0372 e. The molecule has 86 valence electrons. The molecule has 2 heteroatoms. The van der Waals surface area contributed by atoms with Crippen molar-refractivity contribution in [2.45, 2.75) is 40.2 Å². The number of aromatic nitrogens is 1. The summed E-state index contributed by atoms with van der Waals surface area (Å²) < 4.78 is 0. The van der Waals surface area contributed by atoms with Crippen molar-refractivity contribution in [3.05, 3.63) is 29.6 Å². The van der Waals surface area contributed by atoms with Crippen LogP contribution in [-0.4, -0.2) is 24.0 Å². The molecule has 1 rings (SSSR count). The van der Waals surface area contributed by atoms with E-state index < -0.39 is 0 Å². The Bertz CT molecular complexity index is 252. The lowest BCUT2D eigenvalue weighted by atomic mass is 10.1. The van der Waals surface area contributed by atoms with Crippen molar-refractivity contribution in [2.24, 2.45) is 0 Å². The Balaban J connectivity index is 0.000000921. The third kappa shape index (κ3) is 4.43. The highest BCUT2D eigenvalue weighted by molar-refractivity contribution is 5.16. The second-order valence-corrected chi connectivity index (χ2v) is 3.62. The van der Waals surface area contributed by atoms with E-state index in [1.165, 1.54) is 5.56 Å². The molecular formula is C13H24N2. The highest BCUT2D eigenvalue weighted by Gasteiger charge is 2.10. The van der Waals surface area contributed by atoms with Crippen molar-refractivity contribution < 1.29 is 0 Å². The molecule has 1 aromatic heterocycles. The summed E-state index contributed by atoms with van der Waals surface area (Å²) in [6, 6.07) is 4.73. The van der Waals surface area contributed by atoms with E-state index in [4.69, 9.17) is 0 Å². The van der Waals surface area contributed by atoms with E-state index in [0.717, 1.165) is 12.1 Å². The predicted octanol–water partition coefficient (Wildman–Crippen LogP) is 3.43. The van der Waals surface area contributed by atoms with Crippen molar-refractivity contribution in [1.82, 2.24) is 9.88 Å². The topological polar surface area (TPSA) is 16.1 Å². The van der Waals surface area contributed by atoms with Crippen LogP contribution in [-0.2, 0) is 0 Å². The normalized spacial score (nSPS) is 11.9. The average molecular weight is 208 g/mol. The van der Waals surface area contributed by atoms with Crippen LogP contribution in [0.15, 0.2) is 18.3 Å². The summed E-state index contributed by atoms with van der Waals surface area (Å²) in [6.45, 7) is 8.21. The summed E-state index contributed by atoms with van der Waals surface area (Å²) >= 11 is 0. The molecule has 2 nitrogen and oxygen atoms in total. The SMILES string of the molecule is CC.CCC(c1ccc(C)nc1)N(C)C. The molecule has 0 saturated heterocycles. The molecule has 0 aliphatic heterocycles. The number of pyridine rings is 1. The van der Waals surface area contributed by atoms with E-state index >= 15 is 0 Å². The highest BCUT2D eigenvalue weighted by Crippen LogP contribution is 2.20. The Hall–Kier alpha value is -0.890. The summed E-state index contributed by atoms with van der Waals surface area (Å²) in [6.07, 6.45) is 3.10. The van der Waals surface area contributed by atoms with Crippen LogP contribution in [0.1, 0.15) is 44.5 Å². The summed E-state index contributed by atoms with van der Waals surface area (Å²) in [7, 11) is 4.21. The van der Waals surface area contributed by atoms with Gasteiger partial charge < -0.3 is 4.90 Å². The number of rotatable bonds is 3. The largest absolute Gasteiger partial charge is 0.302 e. The van der Waals surface area contributed by atoms with Gasteiger partial charge in [0.1, 0.15) is 0 Å². The van der Waals surface area contributed by atoms with E-state index in [0.29, 0.717) is 6.04 Å². The van der Waals surface area contributed by atoms with Crippen molar-refractivity contribution in [3.63, 3.8) is 0 Å². The Morgan fingerprint density at radius 3 is 2.20 bits per heavy atom. The first-order chi connectivity index (χ1) is 7.15. The second kappa shape index (κ2) is 7.41. The van der Waals surface area contributed by atoms with E-state index in [-0.39, 0.29) is 0 Å². The Labute approximate surface area is 94.3 Å². The van der Waals surface area contributed by atoms with E-state index in [2.05, 4.69) is 43.0 Å². The average Bonchev–Trinajstić information content (AvgIpc) is 2.24. The Morgan fingerprint density at radius 2 is 1.87 bits per heavy atom. The van der Waals surface area contributed by atoms with Gasteiger partial charge in [-0.25, -0.2) is 0 Å². The Kier molecular flexibility index (Phi) is 6.97. The van der Waals surface area contributed by atoms with Crippen LogP contribution in [0.2, 0.25) is 0 Å². The van der Waals surface area contributed by atoms with Gasteiger partial charge in [-0.3, -0.25) is 4.98 Å². The van der Waals surface area contributed by atoms with E-state index in [1.54, 1.807) is 0 Å². The smallest absolute Gasteiger partial charge is 0.0372 e. The van der Waals surface area contributed by atoms with Gasteiger partial charge in [0.15, 0.2) is 0 Å². The first-order valence-corrected chi connectivity index (χ1v) is 5.74. The zero-order valence-electron chi connectivity index (χ0n) is 10.9. The van der Waals surface area contributed by atoms with Gasteiger partial charge in [-0.1, -0.05) is 26.8 Å². The summed E-state index contributed by atoms with van der Waals surface area (Å²) in [5.41, 5.74) is 2.38. The van der Waals surface area contributed by atoms with E-state index in [9.17, 15) is 0 Å². The molecular weight excluding hydrogens is 184 g/mol. The molecule has 0 aromatic carbocycles. The summed E-state index contributed by atoms with van der Waals surface area (Å²) in [5.74, 6) is 0. The summed E-state index contributed by atoms with van der Waals surface area (Å²) in [5, 5.41) is 0.